The SMILES string of the molecule is COCC(C)CN1CCCN(C(=O)Nc2cccc(Cl)c2)CC1. The Kier molecular flexibility index (Phi) is 7.15. The third-order valence-corrected chi connectivity index (χ3v) is 4.21. The van der Waals surface area contributed by atoms with Gasteiger partial charge in [-0.25, -0.2) is 4.79 Å². The molecule has 0 bridgehead atoms. The number of nitrogens with zero attached hydrogens (tertiary/aromatic N) is 2. The Hall–Kier alpha value is -1.30. The highest BCUT2D eigenvalue weighted by atomic mass is 35.5. The molecule has 1 unspecified atom stereocenters. The smallest absolute Gasteiger partial charge is 0.321 e. The molecule has 1 aliphatic rings. The quantitative estimate of drug-likeness (QED) is 0.896. The number of anilines is 1. The van der Waals surface area contributed by atoms with Crippen molar-refractivity contribution in [2.24, 2.45) is 5.92 Å². The highest BCUT2D eigenvalue weighted by Gasteiger charge is 2.20. The van der Waals surface area contributed by atoms with Crippen LogP contribution in [0.1, 0.15) is 13.3 Å². The molecular weight excluding hydrogens is 314 g/mol. The molecule has 0 radical (unpaired) electrons. The number of rotatable bonds is 5. The first-order chi connectivity index (χ1) is 11.1. The van der Waals surface area contributed by atoms with Crippen molar-refractivity contribution in [1.29, 1.82) is 0 Å². The second kappa shape index (κ2) is 9.11. The standard InChI is InChI=1S/C17H26ClN3O2/c1-14(13-23-2)12-20-7-4-8-21(10-9-20)17(22)19-16-6-3-5-15(18)11-16/h3,5-6,11,14H,4,7-10,12-13H2,1-2H3,(H,19,22). The molecule has 2 rings (SSSR count). The summed E-state index contributed by atoms with van der Waals surface area (Å²) in [4.78, 5) is 16.7. The van der Waals surface area contributed by atoms with E-state index in [-0.39, 0.29) is 6.03 Å². The van der Waals surface area contributed by atoms with Crippen molar-refractivity contribution in [2.45, 2.75) is 13.3 Å². The third-order valence-electron chi connectivity index (χ3n) is 3.97. The zero-order valence-electron chi connectivity index (χ0n) is 13.9. The number of amides is 2. The van der Waals surface area contributed by atoms with Gasteiger partial charge in [-0.05, 0) is 37.1 Å². The van der Waals surface area contributed by atoms with Gasteiger partial charge in [-0.15, -0.1) is 0 Å². The summed E-state index contributed by atoms with van der Waals surface area (Å²) < 4.78 is 5.20. The molecule has 128 valence electrons. The number of halogens is 1. The van der Waals surface area contributed by atoms with E-state index in [1.807, 2.05) is 17.0 Å². The van der Waals surface area contributed by atoms with Crippen molar-refractivity contribution in [1.82, 2.24) is 9.80 Å². The molecule has 0 spiro atoms. The van der Waals surface area contributed by atoms with E-state index in [1.54, 1.807) is 19.2 Å². The van der Waals surface area contributed by atoms with E-state index in [1.165, 1.54) is 0 Å². The number of carbonyl (C=O) groups excluding carboxylic acids is 1. The van der Waals surface area contributed by atoms with Gasteiger partial charge in [-0.2, -0.15) is 0 Å². The molecule has 1 aromatic rings. The molecule has 0 aliphatic carbocycles. The summed E-state index contributed by atoms with van der Waals surface area (Å²) in [6.45, 7) is 7.42. The molecular formula is C17H26ClN3O2. The van der Waals surface area contributed by atoms with Crippen LogP contribution in [-0.2, 0) is 4.74 Å². The van der Waals surface area contributed by atoms with Gasteiger partial charge in [0.05, 0.1) is 0 Å². The highest BCUT2D eigenvalue weighted by Crippen LogP contribution is 2.16. The fraction of sp³-hybridized carbons (Fsp3) is 0.588. The molecule has 23 heavy (non-hydrogen) atoms. The van der Waals surface area contributed by atoms with Crippen molar-refractivity contribution >= 4 is 23.3 Å². The fourth-order valence-corrected chi connectivity index (χ4v) is 3.09. The van der Waals surface area contributed by atoms with Crippen LogP contribution in [0.4, 0.5) is 10.5 Å². The minimum absolute atomic E-state index is 0.0564. The molecule has 1 fully saturated rings. The molecule has 2 amide bonds. The summed E-state index contributed by atoms with van der Waals surface area (Å²) in [5.74, 6) is 0.506. The van der Waals surface area contributed by atoms with E-state index in [4.69, 9.17) is 16.3 Å². The third kappa shape index (κ3) is 6.01. The van der Waals surface area contributed by atoms with Crippen molar-refractivity contribution < 1.29 is 9.53 Å². The number of nitrogens with one attached hydrogen (secondary N) is 1. The first kappa shape index (κ1) is 18.0. The summed E-state index contributed by atoms with van der Waals surface area (Å²) in [5.41, 5.74) is 0.734. The maximum absolute atomic E-state index is 12.4. The van der Waals surface area contributed by atoms with Gasteiger partial charge in [0.2, 0.25) is 0 Å². The minimum atomic E-state index is -0.0564. The van der Waals surface area contributed by atoms with E-state index in [9.17, 15) is 4.79 Å². The summed E-state index contributed by atoms with van der Waals surface area (Å²) in [6.07, 6.45) is 0.989. The molecule has 1 aliphatic heterocycles. The molecule has 1 saturated heterocycles. The number of ether oxygens (including phenoxy) is 1. The van der Waals surface area contributed by atoms with Gasteiger partial charge < -0.3 is 19.9 Å². The Morgan fingerprint density at radius 3 is 2.91 bits per heavy atom. The Morgan fingerprint density at radius 1 is 1.35 bits per heavy atom. The predicted molar refractivity (Wildman–Crippen MR) is 94.1 cm³/mol. The van der Waals surface area contributed by atoms with E-state index in [0.717, 1.165) is 51.4 Å². The Bertz CT molecular complexity index is 512. The normalized spacial score (nSPS) is 17.6. The van der Waals surface area contributed by atoms with Gasteiger partial charge in [-0.1, -0.05) is 24.6 Å². The van der Waals surface area contributed by atoms with Crippen LogP contribution < -0.4 is 5.32 Å². The first-order valence-electron chi connectivity index (χ1n) is 8.11. The van der Waals surface area contributed by atoms with Crippen LogP contribution in [-0.4, -0.2) is 62.3 Å². The number of hydrogen-bond acceptors (Lipinski definition) is 3. The molecule has 5 nitrogen and oxygen atoms in total. The molecule has 0 aromatic heterocycles. The largest absolute Gasteiger partial charge is 0.384 e. The van der Waals surface area contributed by atoms with E-state index in [2.05, 4.69) is 17.1 Å². The Labute approximate surface area is 143 Å². The summed E-state index contributed by atoms with van der Waals surface area (Å²) >= 11 is 5.95. The van der Waals surface area contributed by atoms with Gasteiger partial charge >= 0.3 is 6.03 Å². The zero-order valence-corrected chi connectivity index (χ0v) is 14.7. The number of carbonyl (C=O) groups is 1. The van der Waals surface area contributed by atoms with Crippen molar-refractivity contribution in [3.63, 3.8) is 0 Å². The van der Waals surface area contributed by atoms with Gasteiger partial charge in [0.15, 0.2) is 0 Å². The fourth-order valence-electron chi connectivity index (χ4n) is 2.90. The van der Waals surface area contributed by atoms with Gasteiger partial charge in [0.1, 0.15) is 0 Å². The van der Waals surface area contributed by atoms with Crippen molar-refractivity contribution in [3.8, 4) is 0 Å². The lowest BCUT2D eigenvalue weighted by atomic mass is 10.2. The average molecular weight is 340 g/mol. The minimum Gasteiger partial charge on any atom is -0.384 e. The number of benzene rings is 1. The van der Waals surface area contributed by atoms with Crippen molar-refractivity contribution in [2.75, 3.05) is 51.8 Å². The molecule has 1 heterocycles. The monoisotopic (exact) mass is 339 g/mol. The van der Waals surface area contributed by atoms with Crippen LogP contribution in [0.2, 0.25) is 5.02 Å². The predicted octanol–water partition coefficient (Wildman–Crippen LogP) is 3.16. The van der Waals surface area contributed by atoms with Crippen LogP contribution >= 0.6 is 11.6 Å². The summed E-state index contributed by atoms with van der Waals surface area (Å²) in [6, 6.07) is 7.18. The maximum atomic E-state index is 12.4. The molecule has 0 saturated carbocycles. The van der Waals surface area contributed by atoms with Crippen molar-refractivity contribution in [3.05, 3.63) is 29.3 Å². The first-order valence-corrected chi connectivity index (χ1v) is 8.49. The van der Waals surface area contributed by atoms with Gasteiger partial charge in [-0.3, -0.25) is 0 Å². The summed E-state index contributed by atoms with van der Waals surface area (Å²) in [7, 11) is 1.74. The van der Waals surface area contributed by atoms with Crippen LogP contribution in [0.15, 0.2) is 24.3 Å². The van der Waals surface area contributed by atoms with Crippen LogP contribution in [0.3, 0.4) is 0 Å². The van der Waals surface area contributed by atoms with Gasteiger partial charge in [0.25, 0.3) is 0 Å². The van der Waals surface area contributed by atoms with Crippen LogP contribution in [0, 0.1) is 5.92 Å². The number of urea groups is 1. The molecule has 1 atom stereocenters. The highest BCUT2D eigenvalue weighted by molar-refractivity contribution is 6.30. The molecule has 1 N–H and O–H groups in total. The number of hydrogen-bond donors (Lipinski definition) is 1. The Morgan fingerprint density at radius 2 is 2.17 bits per heavy atom. The molecule has 6 heteroatoms. The number of methoxy groups -OCH3 is 1. The summed E-state index contributed by atoms with van der Waals surface area (Å²) in [5, 5.41) is 3.54. The average Bonchev–Trinajstić information content (AvgIpc) is 2.73. The lowest BCUT2D eigenvalue weighted by Crippen LogP contribution is -2.38. The topological polar surface area (TPSA) is 44.8 Å². The second-order valence-corrected chi connectivity index (χ2v) is 6.58. The lowest BCUT2D eigenvalue weighted by Gasteiger charge is -2.24. The van der Waals surface area contributed by atoms with E-state index < -0.39 is 0 Å². The zero-order chi connectivity index (χ0) is 16.7. The van der Waals surface area contributed by atoms with Crippen LogP contribution in [0.25, 0.3) is 0 Å². The van der Waals surface area contributed by atoms with Gasteiger partial charge in [0, 0.05) is 50.6 Å². The second-order valence-electron chi connectivity index (χ2n) is 6.14. The Balaban J connectivity index is 1.83. The van der Waals surface area contributed by atoms with E-state index in [0.29, 0.717) is 10.9 Å². The lowest BCUT2D eigenvalue weighted by molar-refractivity contribution is 0.130. The maximum Gasteiger partial charge on any atom is 0.321 e. The molecule has 1 aromatic carbocycles. The van der Waals surface area contributed by atoms with Crippen LogP contribution in [0.5, 0.6) is 0 Å². The van der Waals surface area contributed by atoms with E-state index >= 15 is 0 Å².